The third kappa shape index (κ3) is 3.26. The molecule has 0 unspecified atom stereocenters. The van der Waals surface area contributed by atoms with E-state index in [-0.39, 0.29) is 5.91 Å². The summed E-state index contributed by atoms with van der Waals surface area (Å²) in [6, 6.07) is 0. The Balaban J connectivity index is 1.88. The lowest BCUT2D eigenvalue weighted by Gasteiger charge is -2.19. The van der Waals surface area contributed by atoms with Gasteiger partial charge in [0, 0.05) is 33.1 Å². The molecule has 0 N–H and O–H groups in total. The van der Waals surface area contributed by atoms with E-state index in [1.54, 1.807) is 6.92 Å². The first-order chi connectivity index (χ1) is 8.15. The molecule has 0 spiro atoms. The summed E-state index contributed by atoms with van der Waals surface area (Å²) in [5.41, 5.74) is 0. The lowest BCUT2D eigenvalue weighted by atomic mass is 10.4. The Kier molecular flexibility index (Phi) is 3.73. The number of aryl methyl sites for hydroxylation is 1. The van der Waals surface area contributed by atoms with Gasteiger partial charge in [0.1, 0.15) is 0 Å². The average Bonchev–Trinajstić information content (AvgIpc) is 2.54. The van der Waals surface area contributed by atoms with Crippen molar-refractivity contribution >= 4 is 5.91 Å². The maximum Gasteiger partial charge on any atom is 0.240 e. The van der Waals surface area contributed by atoms with Crippen LogP contribution in [0.3, 0.4) is 0 Å². The molecule has 0 saturated carbocycles. The van der Waals surface area contributed by atoms with E-state index in [1.807, 2.05) is 11.8 Å². The van der Waals surface area contributed by atoms with Crippen molar-refractivity contribution in [3.05, 3.63) is 11.7 Å². The first-order valence-corrected chi connectivity index (χ1v) is 5.92. The van der Waals surface area contributed by atoms with Gasteiger partial charge < -0.3 is 9.42 Å². The van der Waals surface area contributed by atoms with Gasteiger partial charge in [-0.3, -0.25) is 9.69 Å². The van der Waals surface area contributed by atoms with Crippen LogP contribution in [-0.2, 0) is 11.3 Å². The van der Waals surface area contributed by atoms with Crippen LogP contribution in [-0.4, -0.2) is 52.0 Å². The van der Waals surface area contributed by atoms with E-state index in [0.717, 1.165) is 32.6 Å². The molecule has 94 valence electrons. The van der Waals surface area contributed by atoms with Crippen molar-refractivity contribution < 1.29 is 9.32 Å². The Labute approximate surface area is 101 Å². The van der Waals surface area contributed by atoms with Gasteiger partial charge in [-0.05, 0) is 13.3 Å². The van der Waals surface area contributed by atoms with Gasteiger partial charge in [0.2, 0.25) is 11.8 Å². The second-order valence-corrected chi connectivity index (χ2v) is 4.37. The van der Waals surface area contributed by atoms with Crippen LogP contribution in [0.25, 0.3) is 0 Å². The fraction of sp³-hybridized carbons (Fsp3) is 0.727. The summed E-state index contributed by atoms with van der Waals surface area (Å²) in [5.74, 6) is 1.47. The minimum absolute atomic E-state index is 0.153. The molecule has 1 fully saturated rings. The van der Waals surface area contributed by atoms with Crippen molar-refractivity contribution in [3.8, 4) is 0 Å². The summed E-state index contributed by atoms with van der Waals surface area (Å²) < 4.78 is 5.10. The predicted octanol–water partition coefficient (Wildman–Crippen LogP) is 0.432. The Hall–Kier alpha value is -1.43. The van der Waals surface area contributed by atoms with Crippen molar-refractivity contribution in [1.82, 2.24) is 19.9 Å². The molecular weight excluding hydrogens is 220 g/mol. The number of hydrogen-bond acceptors (Lipinski definition) is 5. The third-order valence-corrected chi connectivity index (χ3v) is 2.96. The topological polar surface area (TPSA) is 62.5 Å². The molecule has 6 heteroatoms. The summed E-state index contributed by atoms with van der Waals surface area (Å²) in [7, 11) is 0. The minimum Gasteiger partial charge on any atom is -0.342 e. The maximum absolute atomic E-state index is 11.3. The van der Waals surface area contributed by atoms with E-state index in [1.165, 1.54) is 0 Å². The van der Waals surface area contributed by atoms with Crippen LogP contribution in [0, 0.1) is 6.92 Å². The molecule has 1 aliphatic heterocycles. The number of hydrogen-bond donors (Lipinski definition) is 0. The SMILES string of the molecule is CC(=O)N1CCCN(Cc2nc(C)no2)CC1. The zero-order valence-electron chi connectivity index (χ0n) is 10.3. The first kappa shape index (κ1) is 12.0. The van der Waals surface area contributed by atoms with Crippen molar-refractivity contribution in [1.29, 1.82) is 0 Å². The molecule has 1 amide bonds. The van der Waals surface area contributed by atoms with Crippen LogP contribution < -0.4 is 0 Å². The zero-order valence-corrected chi connectivity index (χ0v) is 10.3. The van der Waals surface area contributed by atoms with Crippen LogP contribution >= 0.6 is 0 Å². The lowest BCUT2D eigenvalue weighted by molar-refractivity contribution is -0.128. The Morgan fingerprint density at radius 1 is 1.35 bits per heavy atom. The van der Waals surface area contributed by atoms with Gasteiger partial charge in [-0.15, -0.1) is 0 Å². The molecule has 2 rings (SSSR count). The molecule has 1 saturated heterocycles. The van der Waals surface area contributed by atoms with Gasteiger partial charge in [-0.2, -0.15) is 4.98 Å². The number of nitrogens with zero attached hydrogens (tertiary/aromatic N) is 4. The second kappa shape index (κ2) is 5.27. The molecule has 0 bridgehead atoms. The highest BCUT2D eigenvalue weighted by atomic mass is 16.5. The molecule has 0 aromatic carbocycles. The van der Waals surface area contributed by atoms with Gasteiger partial charge in [0.25, 0.3) is 0 Å². The summed E-state index contributed by atoms with van der Waals surface area (Å²) in [5, 5.41) is 3.77. The van der Waals surface area contributed by atoms with Crippen LogP contribution in [0.15, 0.2) is 4.52 Å². The third-order valence-electron chi connectivity index (χ3n) is 2.96. The number of carbonyl (C=O) groups is 1. The maximum atomic E-state index is 11.3. The van der Waals surface area contributed by atoms with E-state index >= 15 is 0 Å². The number of rotatable bonds is 2. The predicted molar refractivity (Wildman–Crippen MR) is 61.2 cm³/mol. The van der Waals surface area contributed by atoms with E-state index in [2.05, 4.69) is 15.0 Å². The number of amides is 1. The highest BCUT2D eigenvalue weighted by Gasteiger charge is 2.18. The van der Waals surface area contributed by atoms with Gasteiger partial charge in [0.05, 0.1) is 6.54 Å². The zero-order chi connectivity index (χ0) is 12.3. The highest BCUT2D eigenvalue weighted by molar-refractivity contribution is 5.73. The molecule has 0 aliphatic carbocycles. The molecule has 6 nitrogen and oxygen atoms in total. The smallest absolute Gasteiger partial charge is 0.240 e. The van der Waals surface area contributed by atoms with Gasteiger partial charge in [-0.1, -0.05) is 5.16 Å². The molecule has 0 atom stereocenters. The van der Waals surface area contributed by atoms with Crippen LogP contribution in [0.2, 0.25) is 0 Å². The van der Waals surface area contributed by atoms with E-state index in [4.69, 9.17) is 4.52 Å². The molecule has 1 aliphatic rings. The molecular formula is C11H18N4O2. The quantitative estimate of drug-likeness (QED) is 0.747. The molecule has 1 aromatic heterocycles. The van der Waals surface area contributed by atoms with Crippen molar-refractivity contribution in [2.45, 2.75) is 26.8 Å². The summed E-state index contributed by atoms with van der Waals surface area (Å²) in [4.78, 5) is 19.6. The Morgan fingerprint density at radius 3 is 2.82 bits per heavy atom. The normalized spacial score (nSPS) is 18.1. The van der Waals surface area contributed by atoms with Crippen LogP contribution in [0.4, 0.5) is 0 Å². The molecule has 2 heterocycles. The highest BCUT2D eigenvalue weighted by Crippen LogP contribution is 2.07. The fourth-order valence-electron chi connectivity index (χ4n) is 2.04. The lowest BCUT2D eigenvalue weighted by Crippen LogP contribution is -2.33. The van der Waals surface area contributed by atoms with E-state index in [0.29, 0.717) is 18.3 Å². The van der Waals surface area contributed by atoms with Crippen LogP contribution in [0.5, 0.6) is 0 Å². The summed E-state index contributed by atoms with van der Waals surface area (Å²) in [6.07, 6.45) is 0.993. The first-order valence-electron chi connectivity index (χ1n) is 5.92. The van der Waals surface area contributed by atoms with Crippen molar-refractivity contribution in [2.24, 2.45) is 0 Å². The van der Waals surface area contributed by atoms with Crippen molar-refractivity contribution in [3.63, 3.8) is 0 Å². The Morgan fingerprint density at radius 2 is 2.18 bits per heavy atom. The summed E-state index contributed by atoms with van der Waals surface area (Å²) >= 11 is 0. The van der Waals surface area contributed by atoms with Gasteiger partial charge >= 0.3 is 0 Å². The van der Waals surface area contributed by atoms with Crippen molar-refractivity contribution in [2.75, 3.05) is 26.2 Å². The van der Waals surface area contributed by atoms with E-state index < -0.39 is 0 Å². The molecule has 17 heavy (non-hydrogen) atoms. The monoisotopic (exact) mass is 238 g/mol. The second-order valence-electron chi connectivity index (χ2n) is 4.37. The summed E-state index contributed by atoms with van der Waals surface area (Å²) in [6.45, 7) is 7.56. The van der Waals surface area contributed by atoms with E-state index in [9.17, 15) is 4.79 Å². The number of carbonyl (C=O) groups excluding carboxylic acids is 1. The fourth-order valence-corrected chi connectivity index (χ4v) is 2.04. The average molecular weight is 238 g/mol. The minimum atomic E-state index is 0.153. The van der Waals surface area contributed by atoms with Gasteiger partial charge in [0.15, 0.2) is 5.82 Å². The molecule has 1 aromatic rings. The van der Waals surface area contributed by atoms with Gasteiger partial charge in [-0.25, -0.2) is 0 Å². The Bertz CT molecular complexity index is 391. The largest absolute Gasteiger partial charge is 0.342 e. The number of aromatic nitrogens is 2. The van der Waals surface area contributed by atoms with Crippen LogP contribution in [0.1, 0.15) is 25.1 Å². The standard InChI is InChI=1S/C11H18N4O2/c1-9-12-11(17-13-9)8-14-4-3-5-15(7-6-14)10(2)16/h3-8H2,1-2H3. The molecule has 0 radical (unpaired) electrons.